The van der Waals surface area contributed by atoms with Gasteiger partial charge in [-0.15, -0.1) is 0 Å². The summed E-state index contributed by atoms with van der Waals surface area (Å²) in [5.74, 6) is -0.196. The van der Waals surface area contributed by atoms with Gasteiger partial charge in [-0.05, 0) is 24.6 Å². The fourth-order valence-electron chi connectivity index (χ4n) is 2.35. The number of piperazine rings is 1. The minimum absolute atomic E-state index is 0.196. The molecule has 3 nitrogen and oxygen atoms in total. The zero-order valence-electron chi connectivity index (χ0n) is 10.2. The van der Waals surface area contributed by atoms with Crippen LogP contribution in [-0.4, -0.2) is 36.7 Å². The molecule has 1 aliphatic rings. The van der Waals surface area contributed by atoms with Gasteiger partial charge in [-0.3, -0.25) is 4.90 Å². The third-order valence-electron chi connectivity index (χ3n) is 3.29. The van der Waals surface area contributed by atoms with Crippen molar-refractivity contribution in [1.82, 2.24) is 10.2 Å². The average molecular weight is 237 g/mol. The maximum atomic E-state index is 13.1. The second-order valence-electron chi connectivity index (χ2n) is 4.90. The number of benzene rings is 1. The summed E-state index contributed by atoms with van der Waals surface area (Å²) in [6, 6.07) is 6.68. The maximum Gasteiger partial charge on any atom is 0.123 e. The molecular weight excluding hydrogens is 217 g/mol. The fourth-order valence-corrected chi connectivity index (χ4v) is 2.35. The molecule has 1 aromatic rings. The molecule has 1 aromatic carbocycles. The normalized spacial score (nSPS) is 21.1. The van der Waals surface area contributed by atoms with Crippen LogP contribution in [0.1, 0.15) is 12.5 Å². The Morgan fingerprint density at radius 3 is 2.76 bits per heavy atom. The Kier molecular flexibility index (Phi) is 3.76. The van der Waals surface area contributed by atoms with Crippen molar-refractivity contribution in [2.45, 2.75) is 19.0 Å². The van der Waals surface area contributed by atoms with E-state index in [2.05, 4.69) is 10.2 Å². The minimum atomic E-state index is -0.407. The van der Waals surface area contributed by atoms with E-state index in [1.807, 2.05) is 13.0 Å². The van der Waals surface area contributed by atoms with Gasteiger partial charge in [-0.1, -0.05) is 12.1 Å². The molecule has 0 aromatic heterocycles. The summed E-state index contributed by atoms with van der Waals surface area (Å²) >= 11 is 0. The van der Waals surface area contributed by atoms with E-state index in [0.29, 0.717) is 6.42 Å². The molecule has 0 spiro atoms. The zero-order chi connectivity index (χ0) is 12.3. The van der Waals surface area contributed by atoms with Crippen LogP contribution in [0.2, 0.25) is 0 Å². The number of rotatable bonds is 3. The van der Waals surface area contributed by atoms with Crippen LogP contribution in [0.4, 0.5) is 4.39 Å². The molecule has 1 aliphatic heterocycles. The Bertz CT molecular complexity index is 373. The average Bonchev–Trinajstić information content (AvgIpc) is 2.29. The summed E-state index contributed by atoms with van der Waals surface area (Å²) in [6.07, 6.45) is 0.671. The largest absolute Gasteiger partial charge is 0.314 e. The highest BCUT2D eigenvalue weighted by molar-refractivity contribution is 5.18. The molecule has 1 fully saturated rings. The lowest BCUT2D eigenvalue weighted by Crippen LogP contribution is -2.60. The SMILES string of the molecule is CC(N)(Cc1cccc(F)c1)N1CCNCC1. The van der Waals surface area contributed by atoms with Crippen molar-refractivity contribution in [1.29, 1.82) is 0 Å². The molecule has 4 heteroatoms. The number of nitrogens with two attached hydrogens (primary N) is 1. The van der Waals surface area contributed by atoms with E-state index in [0.717, 1.165) is 31.7 Å². The van der Waals surface area contributed by atoms with Crippen LogP contribution in [0, 0.1) is 5.82 Å². The van der Waals surface area contributed by atoms with Crippen molar-refractivity contribution >= 4 is 0 Å². The van der Waals surface area contributed by atoms with Gasteiger partial charge in [0.15, 0.2) is 0 Å². The van der Waals surface area contributed by atoms with Crippen molar-refractivity contribution in [3.8, 4) is 0 Å². The smallest absolute Gasteiger partial charge is 0.123 e. The van der Waals surface area contributed by atoms with Crippen LogP contribution in [0.3, 0.4) is 0 Å². The molecule has 1 atom stereocenters. The molecule has 0 amide bonds. The molecule has 1 unspecified atom stereocenters. The van der Waals surface area contributed by atoms with Crippen LogP contribution in [-0.2, 0) is 6.42 Å². The molecule has 0 aliphatic carbocycles. The highest BCUT2D eigenvalue weighted by Crippen LogP contribution is 2.16. The van der Waals surface area contributed by atoms with Gasteiger partial charge in [-0.25, -0.2) is 4.39 Å². The van der Waals surface area contributed by atoms with E-state index in [9.17, 15) is 4.39 Å². The Morgan fingerprint density at radius 1 is 1.41 bits per heavy atom. The predicted molar refractivity (Wildman–Crippen MR) is 67.1 cm³/mol. The van der Waals surface area contributed by atoms with Crippen molar-refractivity contribution in [3.05, 3.63) is 35.6 Å². The van der Waals surface area contributed by atoms with Gasteiger partial charge in [-0.2, -0.15) is 0 Å². The van der Waals surface area contributed by atoms with Crippen LogP contribution in [0.15, 0.2) is 24.3 Å². The summed E-state index contributed by atoms with van der Waals surface area (Å²) < 4.78 is 13.1. The lowest BCUT2D eigenvalue weighted by molar-refractivity contribution is 0.0932. The van der Waals surface area contributed by atoms with Crippen LogP contribution in [0.5, 0.6) is 0 Å². The molecule has 17 heavy (non-hydrogen) atoms. The fraction of sp³-hybridized carbons (Fsp3) is 0.538. The molecule has 0 bridgehead atoms. The van der Waals surface area contributed by atoms with Crippen molar-refractivity contribution in [3.63, 3.8) is 0 Å². The molecule has 1 saturated heterocycles. The van der Waals surface area contributed by atoms with Gasteiger partial charge < -0.3 is 11.1 Å². The van der Waals surface area contributed by atoms with Gasteiger partial charge in [0.25, 0.3) is 0 Å². The van der Waals surface area contributed by atoms with Gasteiger partial charge in [0, 0.05) is 32.6 Å². The minimum Gasteiger partial charge on any atom is -0.314 e. The zero-order valence-corrected chi connectivity index (χ0v) is 10.2. The third-order valence-corrected chi connectivity index (χ3v) is 3.29. The molecule has 2 rings (SSSR count). The van der Waals surface area contributed by atoms with Gasteiger partial charge in [0.2, 0.25) is 0 Å². The topological polar surface area (TPSA) is 41.3 Å². The molecular formula is C13H20FN3. The Hall–Kier alpha value is -0.970. The molecule has 1 heterocycles. The summed E-state index contributed by atoms with van der Waals surface area (Å²) in [5.41, 5.74) is 6.89. The van der Waals surface area contributed by atoms with E-state index in [1.54, 1.807) is 12.1 Å². The first kappa shape index (κ1) is 12.5. The standard InChI is InChI=1S/C13H20FN3/c1-13(15,17-7-5-16-6-8-17)10-11-3-2-4-12(14)9-11/h2-4,9,16H,5-8,10,15H2,1H3. The summed E-state index contributed by atoms with van der Waals surface area (Å²) in [4.78, 5) is 2.26. The second-order valence-corrected chi connectivity index (χ2v) is 4.90. The number of halogens is 1. The summed E-state index contributed by atoms with van der Waals surface area (Å²) in [7, 11) is 0. The Balaban J connectivity index is 2.05. The monoisotopic (exact) mass is 237 g/mol. The van der Waals surface area contributed by atoms with E-state index in [1.165, 1.54) is 6.07 Å². The highest BCUT2D eigenvalue weighted by Gasteiger charge is 2.28. The number of hydrogen-bond acceptors (Lipinski definition) is 3. The molecule has 0 saturated carbocycles. The van der Waals surface area contributed by atoms with Gasteiger partial charge >= 0.3 is 0 Å². The number of hydrogen-bond donors (Lipinski definition) is 2. The first-order valence-corrected chi connectivity index (χ1v) is 6.07. The number of nitrogens with zero attached hydrogens (tertiary/aromatic N) is 1. The maximum absolute atomic E-state index is 13.1. The van der Waals surface area contributed by atoms with Crippen molar-refractivity contribution in [2.24, 2.45) is 5.73 Å². The predicted octanol–water partition coefficient (Wildman–Crippen LogP) is 0.948. The van der Waals surface area contributed by atoms with E-state index in [-0.39, 0.29) is 5.82 Å². The first-order chi connectivity index (χ1) is 8.08. The first-order valence-electron chi connectivity index (χ1n) is 6.07. The molecule has 94 valence electrons. The van der Waals surface area contributed by atoms with Gasteiger partial charge in [0.1, 0.15) is 5.82 Å². The van der Waals surface area contributed by atoms with Crippen molar-refractivity contribution < 1.29 is 4.39 Å². The van der Waals surface area contributed by atoms with Crippen LogP contribution < -0.4 is 11.1 Å². The van der Waals surface area contributed by atoms with E-state index >= 15 is 0 Å². The summed E-state index contributed by atoms with van der Waals surface area (Å²) in [5, 5.41) is 3.30. The Labute approximate surface area is 102 Å². The number of nitrogens with one attached hydrogen (secondary N) is 1. The van der Waals surface area contributed by atoms with Crippen LogP contribution >= 0.6 is 0 Å². The van der Waals surface area contributed by atoms with E-state index < -0.39 is 5.66 Å². The van der Waals surface area contributed by atoms with Crippen molar-refractivity contribution in [2.75, 3.05) is 26.2 Å². The second kappa shape index (κ2) is 5.12. The lowest BCUT2D eigenvalue weighted by Gasteiger charge is -2.41. The summed E-state index contributed by atoms with van der Waals surface area (Å²) in [6.45, 7) is 5.85. The quantitative estimate of drug-likeness (QED) is 0.822. The lowest BCUT2D eigenvalue weighted by atomic mass is 9.99. The van der Waals surface area contributed by atoms with Crippen LogP contribution in [0.25, 0.3) is 0 Å². The van der Waals surface area contributed by atoms with Gasteiger partial charge in [0.05, 0.1) is 5.66 Å². The third kappa shape index (κ3) is 3.25. The molecule has 0 radical (unpaired) electrons. The van der Waals surface area contributed by atoms with E-state index in [4.69, 9.17) is 5.73 Å². The molecule has 3 N–H and O–H groups in total. The highest BCUT2D eigenvalue weighted by atomic mass is 19.1. The Morgan fingerprint density at radius 2 is 2.12 bits per heavy atom.